The summed E-state index contributed by atoms with van der Waals surface area (Å²) >= 11 is 0. The molecule has 2 rings (SSSR count). The number of hydrogen-bond acceptors (Lipinski definition) is 4. The van der Waals surface area contributed by atoms with Crippen LogP contribution in [0.15, 0.2) is 30.3 Å². The van der Waals surface area contributed by atoms with Crippen molar-refractivity contribution in [1.29, 1.82) is 0 Å². The van der Waals surface area contributed by atoms with Gasteiger partial charge >= 0.3 is 6.18 Å². The first-order valence-electron chi connectivity index (χ1n) is 5.20. The average molecular weight is 285 g/mol. The minimum absolute atomic E-state index is 0.119. The molecule has 0 aliphatic carbocycles. The Hall–Kier alpha value is -2.71. The number of nitrogens with zero attached hydrogens (tertiary/aromatic N) is 3. The molecule has 9 heteroatoms. The molecule has 0 saturated carbocycles. The van der Waals surface area contributed by atoms with Gasteiger partial charge in [-0.3, -0.25) is 14.9 Å². The van der Waals surface area contributed by atoms with Crippen molar-refractivity contribution in [3.05, 3.63) is 51.8 Å². The quantitative estimate of drug-likeness (QED) is 0.493. The van der Waals surface area contributed by atoms with Crippen LogP contribution in [0.2, 0.25) is 0 Å². The molecule has 2 aromatic rings. The Balaban J connectivity index is 2.49. The second-order valence-corrected chi connectivity index (χ2v) is 3.76. The third kappa shape index (κ3) is 2.51. The molecule has 0 unspecified atom stereocenters. The zero-order valence-electron chi connectivity index (χ0n) is 9.66. The minimum atomic E-state index is -4.68. The van der Waals surface area contributed by atoms with Crippen LogP contribution in [0.25, 0.3) is 5.69 Å². The fourth-order valence-electron chi connectivity index (χ4n) is 1.54. The van der Waals surface area contributed by atoms with Crippen molar-refractivity contribution in [3.8, 4) is 5.69 Å². The Morgan fingerprint density at radius 3 is 2.30 bits per heavy atom. The van der Waals surface area contributed by atoms with E-state index in [1.807, 2.05) is 0 Å². The number of aldehydes is 1. The maximum absolute atomic E-state index is 12.5. The Labute approximate surface area is 109 Å². The zero-order valence-corrected chi connectivity index (χ0v) is 9.66. The van der Waals surface area contributed by atoms with Gasteiger partial charge in [-0.15, -0.1) is 0 Å². The SMILES string of the molecule is O=Cc1cc(C(F)(F)F)nn1-c1ccc([N+](=O)[O-])cc1. The molecule has 0 atom stereocenters. The molecule has 1 heterocycles. The number of aromatic nitrogens is 2. The fraction of sp³-hybridized carbons (Fsp3) is 0.0909. The third-order valence-corrected chi connectivity index (χ3v) is 2.45. The molecule has 1 aromatic heterocycles. The van der Waals surface area contributed by atoms with Gasteiger partial charge < -0.3 is 0 Å². The van der Waals surface area contributed by atoms with E-state index in [2.05, 4.69) is 5.10 Å². The van der Waals surface area contributed by atoms with Gasteiger partial charge in [0, 0.05) is 12.1 Å². The normalized spacial score (nSPS) is 11.3. The van der Waals surface area contributed by atoms with Crippen molar-refractivity contribution in [2.75, 3.05) is 0 Å². The first-order valence-corrected chi connectivity index (χ1v) is 5.20. The number of nitro benzene ring substituents is 1. The van der Waals surface area contributed by atoms with Gasteiger partial charge in [0.15, 0.2) is 12.0 Å². The summed E-state index contributed by atoms with van der Waals surface area (Å²) in [5.74, 6) is 0. The lowest BCUT2D eigenvalue weighted by Gasteiger charge is -2.03. The van der Waals surface area contributed by atoms with Gasteiger partial charge in [-0.25, -0.2) is 4.68 Å². The molecule has 0 fully saturated rings. The Bertz CT molecular complexity index is 662. The largest absolute Gasteiger partial charge is 0.435 e. The molecule has 0 saturated heterocycles. The first kappa shape index (κ1) is 13.7. The predicted octanol–water partition coefficient (Wildman–Crippen LogP) is 2.61. The number of carbonyl (C=O) groups excluding carboxylic acids is 1. The highest BCUT2D eigenvalue weighted by atomic mass is 19.4. The highest BCUT2D eigenvalue weighted by Crippen LogP contribution is 2.29. The van der Waals surface area contributed by atoms with E-state index in [1.54, 1.807) is 0 Å². The zero-order chi connectivity index (χ0) is 14.9. The van der Waals surface area contributed by atoms with Crippen LogP contribution in [-0.2, 0) is 6.18 Å². The molecule has 0 bridgehead atoms. The Morgan fingerprint density at radius 1 is 1.25 bits per heavy atom. The van der Waals surface area contributed by atoms with Crippen LogP contribution in [0.1, 0.15) is 16.2 Å². The second-order valence-electron chi connectivity index (χ2n) is 3.76. The van der Waals surface area contributed by atoms with Crippen LogP contribution >= 0.6 is 0 Å². The third-order valence-electron chi connectivity index (χ3n) is 2.45. The highest BCUT2D eigenvalue weighted by Gasteiger charge is 2.35. The summed E-state index contributed by atoms with van der Waals surface area (Å²) in [5, 5.41) is 13.8. The predicted molar refractivity (Wildman–Crippen MR) is 60.6 cm³/mol. The maximum Gasteiger partial charge on any atom is 0.435 e. The number of halogens is 3. The van der Waals surface area contributed by atoms with Gasteiger partial charge in [0.05, 0.1) is 10.6 Å². The molecule has 0 aliphatic rings. The standard InChI is InChI=1S/C11H6F3N3O3/c12-11(13,14)10-5-9(6-18)16(15-10)7-1-3-8(4-2-7)17(19)20/h1-6H. The number of nitro groups is 1. The summed E-state index contributed by atoms with van der Waals surface area (Å²) in [6, 6.07) is 5.24. The van der Waals surface area contributed by atoms with Crippen LogP contribution < -0.4 is 0 Å². The van der Waals surface area contributed by atoms with E-state index in [1.165, 1.54) is 12.1 Å². The molecule has 104 valence electrons. The molecule has 0 N–H and O–H groups in total. The smallest absolute Gasteiger partial charge is 0.296 e. The maximum atomic E-state index is 12.5. The number of carbonyl (C=O) groups is 1. The number of benzene rings is 1. The molecule has 6 nitrogen and oxygen atoms in total. The second kappa shape index (κ2) is 4.76. The van der Waals surface area contributed by atoms with Crippen molar-refractivity contribution < 1.29 is 22.9 Å². The summed E-state index contributed by atoms with van der Waals surface area (Å²) < 4.78 is 38.3. The Morgan fingerprint density at radius 2 is 1.85 bits per heavy atom. The van der Waals surface area contributed by atoms with Crippen molar-refractivity contribution in [2.24, 2.45) is 0 Å². The molecule has 0 aliphatic heterocycles. The summed E-state index contributed by atoms with van der Waals surface area (Å²) in [5.41, 5.74) is -1.61. The fourth-order valence-corrected chi connectivity index (χ4v) is 1.54. The highest BCUT2D eigenvalue weighted by molar-refractivity contribution is 5.73. The summed E-state index contributed by atoms with van der Waals surface area (Å²) in [6.07, 6.45) is -4.45. The van der Waals surface area contributed by atoms with E-state index in [9.17, 15) is 28.1 Å². The molecule has 0 spiro atoms. The van der Waals surface area contributed by atoms with Gasteiger partial charge in [-0.2, -0.15) is 18.3 Å². The van der Waals surface area contributed by atoms with Crippen LogP contribution in [0.5, 0.6) is 0 Å². The van der Waals surface area contributed by atoms with Gasteiger partial charge in [0.2, 0.25) is 0 Å². The topological polar surface area (TPSA) is 78.0 Å². The van der Waals surface area contributed by atoms with Gasteiger partial charge in [-0.05, 0) is 18.2 Å². The van der Waals surface area contributed by atoms with Crippen molar-refractivity contribution in [3.63, 3.8) is 0 Å². The van der Waals surface area contributed by atoms with Gasteiger partial charge in [0.1, 0.15) is 5.69 Å². The average Bonchev–Trinajstić information content (AvgIpc) is 2.82. The summed E-state index contributed by atoms with van der Waals surface area (Å²) in [4.78, 5) is 20.6. The van der Waals surface area contributed by atoms with E-state index in [-0.39, 0.29) is 23.4 Å². The molecule has 20 heavy (non-hydrogen) atoms. The summed E-state index contributed by atoms with van der Waals surface area (Å²) in [7, 11) is 0. The van der Waals surface area contributed by atoms with E-state index in [0.717, 1.165) is 16.8 Å². The van der Waals surface area contributed by atoms with E-state index < -0.39 is 16.8 Å². The molecule has 0 radical (unpaired) electrons. The monoisotopic (exact) mass is 285 g/mol. The van der Waals surface area contributed by atoms with Crippen LogP contribution in [0.3, 0.4) is 0 Å². The lowest BCUT2D eigenvalue weighted by Crippen LogP contribution is -2.07. The molecule has 0 amide bonds. The molecular weight excluding hydrogens is 279 g/mol. The van der Waals surface area contributed by atoms with Crippen molar-refractivity contribution in [2.45, 2.75) is 6.18 Å². The first-order chi connectivity index (χ1) is 9.32. The van der Waals surface area contributed by atoms with Gasteiger partial charge in [-0.1, -0.05) is 0 Å². The number of hydrogen-bond donors (Lipinski definition) is 0. The molecule has 1 aromatic carbocycles. The van der Waals surface area contributed by atoms with E-state index in [4.69, 9.17) is 0 Å². The van der Waals surface area contributed by atoms with E-state index in [0.29, 0.717) is 6.07 Å². The lowest BCUT2D eigenvalue weighted by molar-refractivity contribution is -0.384. The van der Waals surface area contributed by atoms with E-state index >= 15 is 0 Å². The van der Waals surface area contributed by atoms with Crippen LogP contribution in [-0.4, -0.2) is 21.0 Å². The summed E-state index contributed by atoms with van der Waals surface area (Å²) in [6.45, 7) is 0. The minimum Gasteiger partial charge on any atom is -0.296 e. The van der Waals surface area contributed by atoms with Crippen LogP contribution in [0.4, 0.5) is 18.9 Å². The number of rotatable bonds is 3. The Kier molecular flexibility index (Phi) is 3.26. The number of non-ortho nitro benzene ring substituents is 1. The van der Waals surface area contributed by atoms with Crippen molar-refractivity contribution >= 4 is 12.0 Å². The van der Waals surface area contributed by atoms with Gasteiger partial charge in [0.25, 0.3) is 5.69 Å². The van der Waals surface area contributed by atoms with Crippen molar-refractivity contribution in [1.82, 2.24) is 9.78 Å². The van der Waals surface area contributed by atoms with Crippen LogP contribution in [0, 0.1) is 10.1 Å². The molecular formula is C11H6F3N3O3. The number of alkyl halides is 3. The lowest BCUT2D eigenvalue weighted by atomic mass is 10.3.